The molecule has 1 unspecified atom stereocenters. The van der Waals surface area contributed by atoms with Gasteiger partial charge in [0.1, 0.15) is 0 Å². The maximum atomic E-state index is 13.2. The van der Waals surface area contributed by atoms with Crippen LogP contribution in [0.25, 0.3) is 10.9 Å². The Morgan fingerprint density at radius 3 is 2.61 bits per heavy atom. The molecular formula is C29H36N6O. The molecule has 1 N–H and O–H groups in total. The first-order valence-electron chi connectivity index (χ1n) is 13.2. The molecule has 36 heavy (non-hydrogen) atoms. The number of benzene rings is 2. The largest absolute Gasteiger partial charge is 0.321 e. The molecule has 5 rings (SSSR count). The standard InChI is InChI=1S/C29H36N6O/c1-4-8-26(28-31-32-33-35(28)25-11-5-6-12-25)34(18-22-15-13-20(2)14-16-22)19-24-17-23-10-7-9-21(3)27(23)30-29(24)36/h7,9-10,13-17,25-26H,4-6,8,11-12,18-19H2,1-3H3,(H,30,36). The number of para-hydroxylation sites is 1. The van der Waals surface area contributed by atoms with E-state index in [1.807, 2.05) is 25.1 Å². The lowest BCUT2D eigenvalue weighted by Gasteiger charge is -2.31. The van der Waals surface area contributed by atoms with Crippen LogP contribution in [0.15, 0.2) is 53.3 Å². The lowest BCUT2D eigenvalue weighted by Crippen LogP contribution is -2.33. The summed E-state index contributed by atoms with van der Waals surface area (Å²) in [5.74, 6) is 0.920. The normalized spacial score (nSPS) is 15.2. The molecule has 2 heterocycles. The molecule has 0 radical (unpaired) electrons. The predicted molar refractivity (Wildman–Crippen MR) is 143 cm³/mol. The van der Waals surface area contributed by atoms with E-state index in [2.05, 4.69) is 74.3 Å². The van der Waals surface area contributed by atoms with Crippen molar-refractivity contribution in [1.29, 1.82) is 0 Å². The molecule has 2 aromatic heterocycles. The number of nitrogens with one attached hydrogen (secondary N) is 1. The number of aromatic amines is 1. The van der Waals surface area contributed by atoms with E-state index in [0.717, 1.165) is 53.5 Å². The molecule has 0 amide bonds. The SMILES string of the molecule is CCCC(c1nnnn1C1CCCC1)N(Cc1ccc(C)cc1)Cc1cc2cccc(C)c2[nH]c1=O. The molecular weight excluding hydrogens is 448 g/mol. The Bertz CT molecular complexity index is 1370. The van der Waals surface area contributed by atoms with Gasteiger partial charge in [0.25, 0.3) is 5.56 Å². The molecule has 2 aromatic carbocycles. The van der Waals surface area contributed by atoms with E-state index in [9.17, 15) is 4.79 Å². The maximum Gasteiger partial charge on any atom is 0.252 e. The van der Waals surface area contributed by atoms with Crippen molar-refractivity contribution in [3.63, 3.8) is 0 Å². The first-order chi connectivity index (χ1) is 17.5. The van der Waals surface area contributed by atoms with Crippen molar-refractivity contribution in [2.75, 3.05) is 0 Å². The zero-order chi connectivity index (χ0) is 25.1. The van der Waals surface area contributed by atoms with E-state index in [4.69, 9.17) is 0 Å². The summed E-state index contributed by atoms with van der Waals surface area (Å²) in [6, 6.07) is 17.2. The minimum absolute atomic E-state index is 0.0134. The lowest BCUT2D eigenvalue weighted by atomic mass is 10.0. The highest BCUT2D eigenvalue weighted by atomic mass is 16.1. The van der Waals surface area contributed by atoms with Crippen molar-refractivity contribution in [3.05, 3.63) is 87.0 Å². The van der Waals surface area contributed by atoms with Crippen LogP contribution < -0.4 is 5.56 Å². The van der Waals surface area contributed by atoms with Gasteiger partial charge in [-0.3, -0.25) is 9.69 Å². The van der Waals surface area contributed by atoms with Crippen molar-refractivity contribution in [3.8, 4) is 0 Å². The minimum Gasteiger partial charge on any atom is -0.321 e. The van der Waals surface area contributed by atoms with Gasteiger partial charge in [-0.2, -0.15) is 0 Å². The number of aromatic nitrogens is 5. The van der Waals surface area contributed by atoms with Crippen LogP contribution in [0, 0.1) is 13.8 Å². The van der Waals surface area contributed by atoms with Gasteiger partial charge in [0.05, 0.1) is 17.6 Å². The second-order valence-electron chi connectivity index (χ2n) is 10.3. The molecule has 0 spiro atoms. The fourth-order valence-electron chi connectivity index (χ4n) is 5.55. The van der Waals surface area contributed by atoms with Gasteiger partial charge in [-0.15, -0.1) is 5.10 Å². The van der Waals surface area contributed by atoms with Crippen LogP contribution >= 0.6 is 0 Å². The number of rotatable bonds is 9. The molecule has 1 atom stereocenters. The molecule has 4 aromatic rings. The first kappa shape index (κ1) is 24.4. The lowest BCUT2D eigenvalue weighted by molar-refractivity contribution is 0.153. The Morgan fingerprint density at radius 2 is 1.86 bits per heavy atom. The van der Waals surface area contributed by atoms with Gasteiger partial charge in [0.15, 0.2) is 5.82 Å². The summed E-state index contributed by atoms with van der Waals surface area (Å²) in [6.07, 6.45) is 6.61. The molecule has 0 aliphatic heterocycles. The Labute approximate surface area is 212 Å². The van der Waals surface area contributed by atoms with E-state index in [-0.39, 0.29) is 11.6 Å². The van der Waals surface area contributed by atoms with Crippen LogP contribution in [0.2, 0.25) is 0 Å². The molecule has 1 aliphatic rings. The highest BCUT2D eigenvalue weighted by Crippen LogP contribution is 2.34. The predicted octanol–water partition coefficient (Wildman–Crippen LogP) is 5.79. The van der Waals surface area contributed by atoms with Gasteiger partial charge in [-0.1, -0.05) is 74.2 Å². The Hall–Kier alpha value is -3.32. The van der Waals surface area contributed by atoms with Crippen molar-refractivity contribution in [2.45, 2.75) is 84.5 Å². The first-order valence-corrected chi connectivity index (χ1v) is 13.2. The quantitative estimate of drug-likeness (QED) is 0.325. The number of aryl methyl sites for hydroxylation is 2. The molecule has 188 valence electrons. The Balaban J connectivity index is 1.55. The summed E-state index contributed by atoms with van der Waals surface area (Å²) in [6.45, 7) is 7.57. The molecule has 1 aliphatic carbocycles. The number of fused-ring (bicyclic) bond motifs is 1. The molecule has 1 saturated carbocycles. The highest BCUT2D eigenvalue weighted by Gasteiger charge is 2.30. The summed E-state index contributed by atoms with van der Waals surface area (Å²) in [7, 11) is 0. The zero-order valence-electron chi connectivity index (χ0n) is 21.6. The maximum absolute atomic E-state index is 13.2. The average molecular weight is 485 g/mol. The Kier molecular flexibility index (Phi) is 7.28. The van der Waals surface area contributed by atoms with Crippen LogP contribution in [-0.2, 0) is 13.1 Å². The van der Waals surface area contributed by atoms with Gasteiger partial charge in [0.2, 0.25) is 0 Å². The third-order valence-corrected chi connectivity index (χ3v) is 7.53. The molecule has 1 fully saturated rings. The number of hydrogen-bond acceptors (Lipinski definition) is 5. The zero-order valence-corrected chi connectivity index (χ0v) is 21.6. The van der Waals surface area contributed by atoms with Crippen LogP contribution in [0.4, 0.5) is 0 Å². The van der Waals surface area contributed by atoms with Crippen LogP contribution in [0.5, 0.6) is 0 Å². The number of H-pyrrole nitrogens is 1. The molecule has 7 heteroatoms. The van der Waals surface area contributed by atoms with Crippen LogP contribution in [-0.4, -0.2) is 30.1 Å². The van der Waals surface area contributed by atoms with Gasteiger partial charge in [-0.25, -0.2) is 4.68 Å². The van der Waals surface area contributed by atoms with Crippen molar-refractivity contribution >= 4 is 10.9 Å². The van der Waals surface area contributed by atoms with E-state index in [1.165, 1.54) is 24.0 Å². The third kappa shape index (κ3) is 5.12. The average Bonchev–Trinajstić information content (AvgIpc) is 3.57. The van der Waals surface area contributed by atoms with E-state index < -0.39 is 0 Å². The fraction of sp³-hybridized carbons (Fsp3) is 0.448. The third-order valence-electron chi connectivity index (χ3n) is 7.53. The number of hydrogen-bond donors (Lipinski definition) is 1. The van der Waals surface area contributed by atoms with Crippen molar-refractivity contribution in [1.82, 2.24) is 30.1 Å². The summed E-state index contributed by atoms with van der Waals surface area (Å²) >= 11 is 0. The second-order valence-corrected chi connectivity index (χ2v) is 10.3. The van der Waals surface area contributed by atoms with E-state index >= 15 is 0 Å². The van der Waals surface area contributed by atoms with Gasteiger partial charge in [0, 0.05) is 18.7 Å². The summed E-state index contributed by atoms with van der Waals surface area (Å²) in [5.41, 5.74) is 5.17. The smallest absolute Gasteiger partial charge is 0.252 e. The van der Waals surface area contributed by atoms with Gasteiger partial charge >= 0.3 is 0 Å². The van der Waals surface area contributed by atoms with Crippen LogP contribution in [0.3, 0.4) is 0 Å². The highest BCUT2D eigenvalue weighted by molar-refractivity contribution is 5.81. The molecule has 0 saturated heterocycles. The number of tetrazole rings is 1. The monoisotopic (exact) mass is 484 g/mol. The van der Waals surface area contributed by atoms with Crippen molar-refractivity contribution < 1.29 is 0 Å². The minimum atomic E-state index is -0.0312. The topological polar surface area (TPSA) is 79.7 Å². The van der Waals surface area contributed by atoms with Crippen molar-refractivity contribution in [2.24, 2.45) is 0 Å². The summed E-state index contributed by atoms with van der Waals surface area (Å²) < 4.78 is 2.07. The Morgan fingerprint density at radius 1 is 1.08 bits per heavy atom. The number of pyridine rings is 1. The van der Waals surface area contributed by atoms with E-state index in [1.54, 1.807) is 0 Å². The molecule has 7 nitrogen and oxygen atoms in total. The fourth-order valence-corrected chi connectivity index (χ4v) is 5.55. The van der Waals surface area contributed by atoms with Crippen LogP contribution in [0.1, 0.15) is 85.6 Å². The van der Waals surface area contributed by atoms with Gasteiger partial charge in [-0.05, 0) is 66.1 Å². The van der Waals surface area contributed by atoms with Gasteiger partial charge < -0.3 is 4.98 Å². The summed E-state index contributed by atoms with van der Waals surface area (Å²) in [5, 5.41) is 14.2. The molecule has 0 bridgehead atoms. The summed E-state index contributed by atoms with van der Waals surface area (Å²) in [4.78, 5) is 18.8. The number of nitrogens with zero attached hydrogens (tertiary/aromatic N) is 5. The van der Waals surface area contributed by atoms with E-state index in [0.29, 0.717) is 19.1 Å². The second kappa shape index (κ2) is 10.7.